The molecule has 3 aromatic rings. The lowest BCUT2D eigenvalue weighted by molar-refractivity contribution is -0.143. The summed E-state index contributed by atoms with van der Waals surface area (Å²) in [7, 11) is 0. The molecule has 5 rings (SSSR count). The van der Waals surface area contributed by atoms with E-state index in [1.807, 2.05) is 32.0 Å². The van der Waals surface area contributed by atoms with Gasteiger partial charge in [0.05, 0.1) is 23.6 Å². The molecule has 2 aromatic carbocycles. The molecular weight excluding hydrogens is 486 g/mol. The second-order valence-electron chi connectivity index (χ2n) is 9.93. The van der Waals surface area contributed by atoms with E-state index in [1.54, 1.807) is 23.1 Å². The van der Waals surface area contributed by atoms with E-state index in [4.69, 9.17) is 9.26 Å². The molecule has 2 amide bonds. The van der Waals surface area contributed by atoms with Crippen molar-refractivity contribution in [1.29, 1.82) is 5.26 Å². The number of carbonyl (C=O) groups is 2. The van der Waals surface area contributed by atoms with Gasteiger partial charge < -0.3 is 24.6 Å². The number of aliphatic carboxylic acids is 1. The Kier molecular flexibility index (Phi) is 7.01. The Balaban J connectivity index is 1.32. The fourth-order valence-electron chi connectivity index (χ4n) is 5.14. The summed E-state index contributed by atoms with van der Waals surface area (Å²) in [6.45, 7) is 4.67. The van der Waals surface area contributed by atoms with Crippen molar-refractivity contribution >= 4 is 12.0 Å². The number of amides is 2. The summed E-state index contributed by atoms with van der Waals surface area (Å²) in [6, 6.07) is 12.9. The van der Waals surface area contributed by atoms with Crippen LogP contribution in [0.1, 0.15) is 55.8 Å². The van der Waals surface area contributed by atoms with E-state index in [9.17, 15) is 20.0 Å². The first-order chi connectivity index (χ1) is 18.3. The lowest BCUT2D eigenvalue weighted by Crippen LogP contribution is -2.46. The van der Waals surface area contributed by atoms with Crippen LogP contribution in [0.3, 0.4) is 0 Å². The van der Waals surface area contributed by atoms with Gasteiger partial charge in [-0.25, -0.2) is 4.79 Å². The summed E-state index contributed by atoms with van der Waals surface area (Å²) in [5, 5.41) is 26.1. The standard InChI is InChI=1S/C28H29N5O5/c1-16(2)37-24-9-6-18(14-19(24)15-29)26-31-25(32-38-26)22-5-3-4-21-20(22)7-8-23(21)30-28(36)33-12-10-17(11-13-33)27(34)35/h3-6,9,14,16-17,23H,7-8,10-13H2,1-2H3,(H,30,36)(H,34,35)/t23-/m1/s1. The Morgan fingerprint density at radius 3 is 2.71 bits per heavy atom. The zero-order chi connectivity index (χ0) is 26.8. The van der Waals surface area contributed by atoms with E-state index < -0.39 is 5.97 Å². The molecule has 0 bridgehead atoms. The van der Waals surface area contributed by atoms with Crippen LogP contribution in [0.4, 0.5) is 4.79 Å². The Labute approximate surface area is 220 Å². The number of nitrogens with one attached hydrogen (secondary N) is 1. The molecule has 38 heavy (non-hydrogen) atoms. The molecule has 2 N–H and O–H groups in total. The Morgan fingerprint density at radius 2 is 2.00 bits per heavy atom. The van der Waals surface area contributed by atoms with Crippen molar-refractivity contribution in [2.24, 2.45) is 5.92 Å². The number of rotatable bonds is 6. The first kappa shape index (κ1) is 25.3. The number of nitrogens with zero attached hydrogens (tertiary/aromatic N) is 4. The molecule has 0 unspecified atom stereocenters. The normalized spacial score (nSPS) is 17.2. The van der Waals surface area contributed by atoms with Gasteiger partial charge in [0.15, 0.2) is 0 Å². The molecule has 2 heterocycles. The third kappa shape index (κ3) is 5.05. The number of carbonyl (C=O) groups excluding carboxylic acids is 1. The zero-order valence-electron chi connectivity index (χ0n) is 21.3. The van der Waals surface area contributed by atoms with Gasteiger partial charge in [0.1, 0.15) is 11.8 Å². The third-order valence-electron chi connectivity index (χ3n) is 7.08. The first-order valence-corrected chi connectivity index (χ1v) is 12.8. The van der Waals surface area contributed by atoms with Gasteiger partial charge >= 0.3 is 12.0 Å². The van der Waals surface area contributed by atoms with Gasteiger partial charge in [0, 0.05) is 24.2 Å². The lowest BCUT2D eigenvalue weighted by Gasteiger charge is -2.31. The molecule has 10 heteroatoms. The average molecular weight is 516 g/mol. The predicted molar refractivity (Wildman–Crippen MR) is 137 cm³/mol. The highest BCUT2D eigenvalue weighted by Gasteiger charge is 2.31. The van der Waals surface area contributed by atoms with Crippen molar-refractivity contribution in [2.45, 2.75) is 51.7 Å². The second kappa shape index (κ2) is 10.5. The highest BCUT2D eigenvalue weighted by molar-refractivity contribution is 5.76. The minimum absolute atomic E-state index is 0.0547. The van der Waals surface area contributed by atoms with Crippen LogP contribution in [0.2, 0.25) is 0 Å². The largest absolute Gasteiger partial charge is 0.490 e. The number of urea groups is 1. The van der Waals surface area contributed by atoms with Crippen LogP contribution < -0.4 is 10.1 Å². The van der Waals surface area contributed by atoms with Crippen molar-refractivity contribution in [3.63, 3.8) is 0 Å². The van der Waals surface area contributed by atoms with E-state index >= 15 is 0 Å². The fraction of sp³-hybridized carbons (Fsp3) is 0.393. The fourth-order valence-corrected chi connectivity index (χ4v) is 5.14. The molecular formula is C28H29N5O5. The van der Waals surface area contributed by atoms with Crippen LogP contribution in [0, 0.1) is 17.2 Å². The van der Waals surface area contributed by atoms with Crippen molar-refractivity contribution in [3.8, 4) is 34.7 Å². The molecule has 1 aromatic heterocycles. The second-order valence-corrected chi connectivity index (χ2v) is 9.93. The number of nitriles is 1. The first-order valence-electron chi connectivity index (χ1n) is 12.8. The van der Waals surface area contributed by atoms with E-state index in [0.717, 1.165) is 29.5 Å². The van der Waals surface area contributed by atoms with Gasteiger partial charge in [-0.2, -0.15) is 10.2 Å². The van der Waals surface area contributed by atoms with Gasteiger partial charge in [0.25, 0.3) is 5.89 Å². The number of fused-ring (bicyclic) bond motifs is 1. The summed E-state index contributed by atoms with van der Waals surface area (Å²) >= 11 is 0. The number of hydrogen-bond donors (Lipinski definition) is 2. The summed E-state index contributed by atoms with van der Waals surface area (Å²) in [4.78, 5) is 30.4. The predicted octanol–water partition coefficient (Wildman–Crippen LogP) is 4.56. The lowest BCUT2D eigenvalue weighted by atomic mass is 9.97. The smallest absolute Gasteiger partial charge is 0.317 e. The number of carboxylic acid groups (broad SMARTS) is 1. The van der Waals surface area contributed by atoms with Gasteiger partial charge in [-0.1, -0.05) is 23.4 Å². The maximum Gasteiger partial charge on any atom is 0.317 e. The minimum atomic E-state index is -0.797. The molecule has 1 saturated heterocycles. The summed E-state index contributed by atoms with van der Waals surface area (Å²) < 4.78 is 11.2. The van der Waals surface area contributed by atoms with Crippen molar-refractivity contribution in [1.82, 2.24) is 20.4 Å². The Hall–Kier alpha value is -4.39. The molecule has 196 valence electrons. The molecule has 0 spiro atoms. The molecule has 1 atom stereocenters. The molecule has 1 aliphatic carbocycles. The van der Waals surface area contributed by atoms with Crippen LogP contribution in [-0.4, -0.2) is 51.3 Å². The molecule has 10 nitrogen and oxygen atoms in total. The quantitative estimate of drug-likeness (QED) is 0.487. The summed E-state index contributed by atoms with van der Waals surface area (Å²) in [6.07, 6.45) is 2.38. The van der Waals surface area contributed by atoms with Crippen molar-refractivity contribution in [2.75, 3.05) is 13.1 Å². The maximum atomic E-state index is 12.9. The molecule has 0 radical (unpaired) electrons. The SMILES string of the molecule is CC(C)Oc1ccc(-c2nc(-c3cccc4c3CC[C@H]4NC(=O)N3CCC(C(=O)O)CC3)no2)cc1C#N. The Bertz CT molecular complexity index is 1400. The number of piperidine rings is 1. The monoisotopic (exact) mass is 515 g/mol. The number of benzene rings is 2. The molecule has 2 aliphatic rings. The van der Waals surface area contributed by atoms with Gasteiger partial charge in [-0.05, 0) is 68.9 Å². The van der Waals surface area contributed by atoms with Gasteiger partial charge in [0.2, 0.25) is 5.82 Å². The molecule has 1 fully saturated rings. The number of ether oxygens (including phenoxy) is 1. The minimum Gasteiger partial charge on any atom is -0.490 e. The van der Waals surface area contributed by atoms with Gasteiger partial charge in [-0.15, -0.1) is 0 Å². The number of likely N-dealkylation sites (tertiary alicyclic amines) is 1. The average Bonchev–Trinajstić information content (AvgIpc) is 3.56. The summed E-state index contributed by atoms with van der Waals surface area (Å²) in [5.74, 6) is 0.0747. The highest BCUT2D eigenvalue weighted by Crippen LogP contribution is 2.38. The third-order valence-corrected chi connectivity index (χ3v) is 7.08. The number of carboxylic acids is 1. The zero-order valence-corrected chi connectivity index (χ0v) is 21.3. The van der Waals surface area contributed by atoms with Gasteiger partial charge in [-0.3, -0.25) is 4.79 Å². The van der Waals surface area contributed by atoms with E-state index in [-0.39, 0.29) is 24.1 Å². The molecule has 0 saturated carbocycles. The number of hydrogen-bond acceptors (Lipinski definition) is 7. The van der Waals surface area contributed by atoms with E-state index in [1.165, 1.54) is 0 Å². The van der Waals surface area contributed by atoms with E-state index in [0.29, 0.717) is 54.5 Å². The van der Waals surface area contributed by atoms with Crippen LogP contribution >= 0.6 is 0 Å². The van der Waals surface area contributed by atoms with Crippen LogP contribution in [0.15, 0.2) is 40.9 Å². The molecule has 1 aliphatic heterocycles. The maximum absolute atomic E-state index is 12.9. The topological polar surface area (TPSA) is 142 Å². The van der Waals surface area contributed by atoms with Crippen molar-refractivity contribution < 1.29 is 24.0 Å². The van der Waals surface area contributed by atoms with Crippen molar-refractivity contribution in [3.05, 3.63) is 53.1 Å². The van der Waals surface area contributed by atoms with Crippen LogP contribution in [0.5, 0.6) is 5.75 Å². The summed E-state index contributed by atoms with van der Waals surface area (Å²) in [5.41, 5.74) is 3.94. The Morgan fingerprint density at radius 1 is 1.21 bits per heavy atom. The van der Waals surface area contributed by atoms with Crippen LogP contribution in [-0.2, 0) is 11.2 Å². The van der Waals surface area contributed by atoms with Crippen LogP contribution in [0.25, 0.3) is 22.8 Å². The highest BCUT2D eigenvalue weighted by atomic mass is 16.5. The van der Waals surface area contributed by atoms with E-state index in [2.05, 4.69) is 21.5 Å². The number of aromatic nitrogens is 2.